The molecule has 0 heterocycles. The monoisotopic (exact) mass is 659 g/mol. The molecule has 0 aliphatic heterocycles. The Morgan fingerprint density at radius 3 is 2.15 bits per heavy atom. The van der Waals surface area contributed by atoms with Crippen molar-refractivity contribution in [2.75, 3.05) is 17.4 Å². The minimum absolute atomic E-state index is 0.0554. The number of nitrogens with one attached hydrogen (secondary N) is 1. The van der Waals surface area contributed by atoms with Crippen LogP contribution in [0.4, 0.5) is 5.69 Å². The third kappa shape index (κ3) is 8.98. The van der Waals surface area contributed by atoms with Gasteiger partial charge in [-0.25, -0.2) is 8.42 Å². The van der Waals surface area contributed by atoms with E-state index in [1.165, 1.54) is 9.21 Å². The van der Waals surface area contributed by atoms with Crippen LogP contribution in [-0.4, -0.2) is 44.3 Å². The number of aryl methyl sites for hydroxylation is 2. The largest absolute Gasteiger partial charge is 0.354 e. The minimum Gasteiger partial charge on any atom is -0.354 e. The predicted molar refractivity (Wildman–Crippen MR) is 185 cm³/mol. The topological polar surface area (TPSA) is 86.8 Å². The van der Waals surface area contributed by atoms with E-state index in [1.807, 2.05) is 76.2 Å². The van der Waals surface area contributed by atoms with E-state index in [9.17, 15) is 18.0 Å². The molecule has 0 fully saturated rings. The van der Waals surface area contributed by atoms with Gasteiger partial charge < -0.3 is 10.2 Å². The summed E-state index contributed by atoms with van der Waals surface area (Å²) in [4.78, 5) is 30.1. The maximum absolute atomic E-state index is 14.6. The van der Waals surface area contributed by atoms with Crippen LogP contribution in [0.5, 0.6) is 0 Å². The Labute approximate surface area is 278 Å². The van der Waals surface area contributed by atoms with Crippen molar-refractivity contribution in [1.82, 2.24) is 10.2 Å². The molecule has 46 heavy (non-hydrogen) atoms. The Morgan fingerprint density at radius 2 is 1.50 bits per heavy atom. The second-order valence-corrected chi connectivity index (χ2v) is 14.1. The zero-order valence-electron chi connectivity index (χ0n) is 26.8. The normalized spacial score (nSPS) is 12.0. The van der Waals surface area contributed by atoms with Gasteiger partial charge >= 0.3 is 0 Å². The number of rotatable bonds is 14. The Kier molecular flexibility index (Phi) is 12.0. The molecule has 0 aromatic heterocycles. The van der Waals surface area contributed by atoms with Crippen molar-refractivity contribution < 1.29 is 18.0 Å². The molecule has 2 amide bonds. The highest BCUT2D eigenvalue weighted by molar-refractivity contribution is 7.92. The first-order valence-electron chi connectivity index (χ1n) is 15.5. The van der Waals surface area contributed by atoms with Crippen LogP contribution in [-0.2, 0) is 39.0 Å². The first-order chi connectivity index (χ1) is 22.0. The highest BCUT2D eigenvalue weighted by atomic mass is 35.5. The van der Waals surface area contributed by atoms with Crippen molar-refractivity contribution in [2.24, 2.45) is 5.92 Å². The fraction of sp³-hybridized carbons (Fsp3) is 0.297. The maximum Gasteiger partial charge on any atom is 0.264 e. The quantitative estimate of drug-likeness (QED) is 0.161. The molecule has 9 heteroatoms. The number of nitrogens with zero attached hydrogens (tertiary/aromatic N) is 2. The summed E-state index contributed by atoms with van der Waals surface area (Å²) in [6, 6.07) is 29.5. The molecule has 0 aliphatic carbocycles. The molecule has 0 unspecified atom stereocenters. The van der Waals surface area contributed by atoms with Crippen LogP contribution in [0.1, 0.15) is 43.0 Å². The van der Waals surface area contributed by atoms with Crippen LogP contribution >= 0.6 is 11.6 Å². The fourth-order valence-corrected chi connectivity index (χ4v) is 6.88. The summed E-state index contributed by atoms with van der Waals surface area (Å²) in [6.45, 7) is 7.81. The number of benzene rings is 4. The van der Waals surface area contributed by atoms with Gasteiger partial charge in [-0.1, -0.05) is 111 Å². The van der Waals surface area contributed by atoms with E-state index >= 15 is 0 Å². The molecule has 242 valence electrons. The van der Waals surface area contributed by atoms with Gasteiger partial charge in [0.25, 0.3) is 10.0 Å². The maximum atomic E-state index is 14.6. The van der Waals surface area contributed by atoms with Gasteiger partial charge in [0.15, 0.2) is 0 Å². The predicted octanol–water partition coefficient (Wildman–Crippen LogP) is 6.82. The zero-order valence-corrected chi connectivity index (χ0v) is 28.4. The molecule has 0 radical (unpaired) electrons. The first-order valence-corrected chi connectivity index (χ1v) is 17.3. The van der Waals surface area contributed by atoms with Crippen LogP contribution in [0.15, 0.2) is 108 Å². The Hall–Kier alpha value is -4.14. The number of carbonyl (C=O) groups excluding carboxylic acids is 2. The lowest BCUT2D eigenvalue weighted by atomic mass is 10.0. The molecule has 7 nitrogen and oxygen atoms in total. The van der Waals surface area contributed by atoms with Crippen molar-refractivity contribution in [3.63, 3.8) is 0 Å². The van der Waals surface area contributed by atoms with E-state index in [2.05, 4.69) is 5.32 Å². The summed E-state index contributed by atoms with van der Waals surface area (Å²) in [5.74, 6) is -0.629. The molecule has 0 saturated heterocycles. The number of sulfonamides is 1. The molecule has 0 aliphatic rings. The van der Waals surface area contributed by atoms with Crippen LogP contribution in [0.2, 0.25) is 5.02 Å². The molecular weight excluding hydrogens is 618 g/mol. The Balaban J connectivity index is 1.83. The molecule has 0 saturated carbocycles. The van der Waals surface area contributed by atoms with Gasteiger partial charge in [-0.2, -0.15) is 0 Å². The number of hydrogen-bond donors (Lipinski definition) is 1. The fourth-order valence-electron chi connectivity index (χ4n) is 5.21. The second kappa shape index (κ2) is 15.9. The number of amides is 2. The van der Waals surface area contributed by atoms with Gasteiger partial charge in [0.2, 0.25) is 11.8 Å². The van der Waals surface area contributed by atoms with Crippen LogP contribution in [0.3, 0.4) is 0 Å². The molecule has 4 aromatic rings. The van der Waals surface area contributed by atoms with Crippen LogP contribution in [0, 0.1) is 12.8 Å². The van der Waals surface area contributed by atoms with Crippen molar-refractivity contribution in [3.05, 3.63) is 130 Å². The van der Waals surface area contributed by atoms with Gasteiger partial charge in [-0.05, 0) is 66.3 Å². The van der Waals surface area contributed by atoms with Crippen molar-refractivity contribution in [2.45, 2.75) is 58.0 Å². The third-order valence-electron chi connectivity index (χ3n) is 7.73. The van der Waals surface area contributed by atoms with E-state index < -0.39 is 28.5 Å². The highest BCUT2D eigenvalue weighted by Crippen LogP contribution is 2.29. The number of anilines is 1. The van der Waals surface area contributed by atoms with E-state index in [1.54, 1.807) is 54.6 Å². The first kappa shape index (κ1) is 34.7. The smallest absolute Gasteiger partial charge is 0.264 e. The molecular formula is C37H42ClN3O4S. The van der Waals surface area contributed by atoms with E-state index in [-0.39, 0.29) is 29.7 Å². The average Bonchev–Trinajstić information content (AvgIpc) is 3.04. The molecule has 0 bridgehead atoms. The number of hydrogen-bond acceptors (Lipinski definition) is 4. The number of para-hydroxylation sites is 1. The molecule has 0 spiro atoms. The van der Waals surface area contributed by atoms with Gasteiger partial charge in [-0.15, -0.1) is 0 Å². The van der Waals surface area contributed by atoms with Crippen molar-refractivity contribution in [3.8, 4) is 0 Å². The zero-order chi connectivity index (χ0) is 33.3. The molecule has 4 rings (SSSR count). The summed E-state index contributed by atoms with van der Waals surface area (Å²) >= 11 is 6.33. The summed E-state index contributed by atoms with van der Waals surface area (Å²) < 4.78 is 29.8. The average molecular weight is 660 g/mol. The van der Waals surface area contributed by atoms with Gasteiger partial charge in [0.05, 0.1) is 10.6 Å². The van der Waals surface area contributed by atoms with E-state index in [0.29, 0.717) is 23.7 Å². The minimum atomic E-state index is -4.17. The van der Waals surface area contributed by atoms with E-state index in [0.717, 1.165) is 22.3 Å². The molecule has 4 aromatic carbocycles. The second-order valence-electron chi connectivity index (χ2n) is 11.8. The Bertz CT molecular complexity index is 1730. The van der Waals surface area contributed by atoms with Crippen LogP contribution in [0.25, 0.3) is 0 Å². The number of carbonyl (C=O) groups is 2. The lowest BCUT2D eigenvalue weighted by Gasteiger charge is -2.34. The standard InChI is InChI=1S/C37H42ClN3O4S/c1-5-31-15-9-10-17-34(31)41(46(44,45)33-20-18-28(4)19-21-33)26-36(42)40(25-30-14-11-16-32(38)22-30)35(37(43)39-24-27(2)3)23-29-12-7-6-8-13-29/h6-22,27,35H,5,23-26H2,1-4H3,(H,39,43)/t35-/m1/s1. The Morgan fingerprint density at radius 1 is 0.848 bits per heavy atom. The number of halogens is 1. The molecule has 1 atom stereocenters. The lowest BCUT2D eigenvalue weighted by Crippen LogP contribution is -2.53. The van der Waals surface area contributed by atoms with Gasteiger partial charge in [-0.3, -0.25) is 13.9 Å². The SMILES string of the molecule is CCc1ccccc1N(CC(=O)N(Cc1cccc(Cl)c1)[C@H](Cc1ccccc1)C(=O)NCC(C)C)S(=O)(=O)c1ccc(C)cc1. The molecule has 1 N–H and O–H groups in total. The van der Waals surface area contributed by atoms with Gasteiger partial charge in [0.1, 0.15) is 12.6 Å². The summed E-state index contributed by atoms with van der Waals surface area (Å²) in [6.07, 6.45) is 0.804. The van der Waals surface area contributed by atoms with Crippen molar-refractivity contribution in [1.29, 1.82) is 0 Å². The summed E-state index contributed by atoms with van der Waals surface area (Å²) in [5, 5.41) is 3.50. The van der Waals surface area contributed by atoms with E-state index in [4.69, 9.17) is 11.6 Å². The van der Waals surface area contributed by atoms with Crippen LogP contribution < -0.4 is 9.62 Å². The van der Waals surface area contributed by atoms with Crippen molar-refractivity contribution >= 4 is 39.1 Å². The third-order valence-corrected chi connectivity index (χ3v) is 9.74. The highest BCUT2D eigenvalue weighted by Gasteiger charge is 2.35. The summed E-state index contributed by atoms with van der Waals surface area (Å²) in [5.41, 5.74) is 3.71. The lowest BCUT2D eigenvalue weighted by molar-refractivity contribution is -0.140. The summed E-state index contributed by atoms with van der Waals surface area (Å²) in [7, 11) is -4.17. The van der Waals surface area contributed by atoms with Gasteiger partial charge in [0, 0.05) is 24.5 Å².